The molecule has 6 nitrogen and oxygen atoms in total. The number of thioether (sulfide) groups is 2. The molecular weight excluding hydrogens is 528 g/mol. The molecule has 39 heavy (non-hydrogen) atoms. The summed E-state index contributed by atoms with van der Waals surface area (Å²) in [5.74, 6) is 2.33. The molecule has 3 heterocycles. The summed E-state index contributed by atoms with van der Waals surface area (Å²) in [5, 5.41) is 0. The summed E-state index contributed by atoms with van der Waals surface area (Å²) in [6.45, 7) is 14.3. The van der Waals surface area contributed by atoms with Crippen LogP contribution in [0.15, 0.2) is 22.6 Å². The lowest BCUT2D eigenvalue weighted by atomic mass is 9.79. The van der Waals surface area contributed by atoms with Gasteiger partial charge in [-0.05, 0) is 101 Å². The molecule has 0 spiro atoms. The molecule has 0 aromatic carbocycles. The third-order valence-corrected chi connectivity index (χ3v) is 10.9. The van der Waals surface area contributed by atoms with E-state index in [9.17, 15) is 19.2 Å². The molecule has 3 aliphatic heterocycles. The molecule has 8 heteroatoms. The minimum absolute atomic E-state index is 0.0282. The molecule has 3 aliphatic rings. The summed E-state index contributed by atoms with van der Waals surface area (Å²) in [6.07, 6.45) is 10.2. The molecule has 0 saturated carbocycles. The highest BCUT2D eigenvalue weighted by Crippen LogP contribution is 2.42. The predicted octanol–water partition coefficient (Wildman–Crippen LogP) is 6.60. The first-order valence-corrected chi connectivity index (χ1v) is 16.9. The van der Waals surface area contributed by atoms with Gasteiger partial charge in [0.15, 0.2) is 0 Å². The van der Waals surface area contributed by atoms with Crippen LogP contribution in [0.2, 0.25) is 0 Å². The van der Waals surface area contributed by atoms with Crippen molar-refractivity contribution in [2.75, 3.05) is 17.3 Å². The lowest BCUT2D eigenvalue weighted by Gasteiger charge is -2.42. The number of carbonyl (C=O) groups is 4. The van der Waals surface area contributed by atoms with Gasteiger partial charge in [0.1, 0.15) is 0 Å². The summed E-state index contributed by atoms with van der Waals surface area (Å²) < 4.78 is 0. The molecule has 1 fully saturated rings. The van der Waals surface area contributed by atoms with Crippen molar-refractivity contribution in [3.8, 4) is 0 Å². The van der Waals surface area contributed by atoms with Gasteiger partial charge in [-0.15, -0.1) is 11.8 Å². The van der Waals surface area contributed by atoms with E-state index in [2.05, 4.69) is 20.8 Å². The van der Waals surface area contributed by atoms with Gasteiger partial charge in [-0.2, -0.15) is 11.8 Å². The number of imide groups is 2. The monoisotopic (exact) mass is 576 g/mol. The molecule has 0 aliphatic carbocycles. The van der Waals surface area contributed by atoms with Crippen LogP contribution in [0.1, 0.15) is 99.8 Å². The Labute approximate surface area is 244 Å². The number of amides is 4. The van der Waals surface area contributed by atoms with Crippen LogP contribution in [-0.4, -0.2) is 61.8 Å². The quantitative estimate of drug-likeness (QED) is 0.171. The van der Waals surface area contributed by atoms with E-state index >= 15 is 0 Å². The van der Waals surface area contributed by atoms with E-state index in [1.54, 1.807) is 23.9 Å². The molecule has 4 amide bonds. The fraction of sp³-hybridized carbons (Fsp3) is 0.742. The third-order valence-electron chi connectivity index (χ3n) is 8.58. The standard InChI is InChI=1S/C31H48N2O4S2/c1-8-12-22-24(21(3)9-2)19-26(34)32(28(22)36)30(4,5)14-10-16-38-17-11-15-31(6,7)33-27(35)20-25-23(29(33)37)13-18-39-25/h19-23H,8-18H2,1-7H3. The molecule has 218 valence electrons. The Morgan fingerprint density at radius 2 is 1.49 bits per heavy atom. The van der Waals surface area contributed by atoms with Gasteiger partial charge in [-0.1, -0.05) is 27.2 Å². The maximum Gasteiger partial charge on any atom is 0.254 e. The molecule has 0 aromatic rings. The van der Waals surface area contributed by atoms with Crippen molar-refractivity contribution in [1.82, 2.24) is 9.80 Å². The topological polar surface area (TPSA) is 74.8 Å². The van der Waals surface area contributed by atoms with Crippen LogP contribution in [0.4, 0.5) is 0 Å². The first-order valence-electron chi connectivity index (χ1n) is 14.7. The van der Waals surface area contributed by atoms with Crippen LogP contribution in [0.3, 0.4) is 0 Å². The fourth-order valence-corrected chi connectivity index (χ4v) is 8.22. The Bertz CT molecular complexity index is 1020. The van der Waals surface area contributed by atoms with Crippen LogP contribution >= 0.6 is 23.5 Å². The van der Waals surface area contributed by atoms with Crippen molar-refractivity contribution >= 4 is 47.2 Å². The third kappa shape index (κ3) is 7.22. The molecule has 3 rings (SSSR count). The number of nitrogens with zero attached hydrogens (tertiary/aromatic N) is 2. The molecule has 3 atom stereocenters. The van der Waals surface area contributed by atoms with Gasteiger partial charge in [0.2, 0.25) is 11.8 Å². The number of carbonyl (C=O) groups excluding carboxylic acids is 4. The van der Waals surface area contributed by atoms with E-state index in [-0.39, 0.29) is 41.4 Å². The lowest BCUT2D eigenvalue weighted by Crippen LogP contribution is -2.55. The smallest absolute Gasteiger partial charge is 0.254 e. The summed E-state index contributed by atoms with van der Waals surface area (Å²) in [5.41, 5.74) is -0.0241. The van der Waals surface area contributed by atoms with Crippen LogP contribution in [0.25, 0.3) is 0 Å². The van der Waals surface area contributed by atoms with Crippen molar-refractivity contribution in [2.45, 2.75) is 111 Å². The van der Waals surface area contributed by atoms with Crippen LogP contribution in [0, 0.1) is 17.8 Å². The van der Waals surface area contributed by atoms with Crippen LogP contribution in [-0.2, 0) is 19.2 Å². The Morgan fingerprint density at radius 1 is 0.923 bits per heavy atom. The highest BCUT2D eigenvalue weighted by atomic mass is 32.2. The Hall–Kier alpha value is -1.54. The van der Waals surface area contributed by atoms with Crippen LogP contribution < -0.4 is 0 Å². The number of hydrogen-bond acceptors (Lipinski definition) is 6. The number of hydrogen-bond donors (Lipinski definition) is 0. The summed E-state index contributed by atoms with van der Waals surface area (Å²) in [7, 11) is 0. The van der Waals surface area contributed by atoms with Crippen molar-refractivity contribution in [1.29, 1.82) is 0 Å². The summed E-state index contributed by atoms with van der Waals surface area (Å²) in [6, 6.07) is 0. The van der Waals surface area contributed by atoms with E-state index < -0.39 is 11.1 Å². The van der Waals surface area contributed by atoms with Gasteiger partial charge in [-0.3, -0.25) is 29.0 Å². The van der Waals surface area contributed by atoms with Crippen molar-refractivity contribution in [2.24, 2.45) is 17.8 Å². The van der Waals surface area contributed by atoms with Gasteiger partial charge in [0, 0.05) is 28.1 Å². The van der Waals surface area contributed by atoms with Crippen LogP contribution in [0.5, 0.6) is 0 Å². The van der Waals surface area contributed by atoms with Crippen molar-refractivity contribution < 1.29 is 19.2 Å². The van der Waals surface area contributed by atoms with Gasteiger partial charge in [0.25, 0.3) is 11.8 Å². The fourth-order valence-electron chi connectivity index (χ4n) is 6.12. The Morgan fingerprint density at radius 3 is 2.05 bits per heavy atom. The van der Waals surface area contributed by atoms with Gasteiger partial charge in [0.05, 0.1) is 11.8 Å². The highest BCUT2D eigenvalue weighted by Gasteiger charge is 2.45. The molecule has 3 unspecified atom stereocenters. The van der Waals surface area contributed by atoms with Crippen molar-refractivity contribution in [3.05, 3.63) is 22.6 Å². The normalized spacial score (nSPS) is 23.3. The second-order valence-corrected chi connectivity index (χ2v) is 14.9. The second kappa shape index (κ2) is 13.4. The van der Waals surface area contributed by atoms with Crippen molar-refractivity contribution in [3.63, 3.8) is 0 Å². The molecule has 1 saturated heterocycles. The van der Waals surface area contributed by atoms with Gasteiger partial charge >= 0.3 is 0 Å². The minimum Gasteiger partial charge on any atom is -0.274 e. The lowest BCUT2D eigenvalue weighted by molar-refractivity contribution is -0.153. The molecular formula is C31H48N2O4S2. The van der Waals surface area contributed by atoms with E-state index in [0.29, 0.717) is 0 Å². The van der Waals surface area contributed by atoms with Gasteiger partial charge < -0.3 is 0 Å². The highest BCUT2D eigenvalue weighted by molar-refractivity contribution is 8.03. The Balaban J connectivity index is 1.47. The molecule has 0 radical (unpaired) electrons. The SMILES string of the molecule is CCCC1C(=O)N(C(C)(C)CCCSCCCC(C)(C)N2C(=O)C=C3SCCC3C2=O)C(=O)C=C1C(C)CC. The van der Waals surface area contributed by atoms with E-state index in [1.165, 1.54) is 9.80 Å². The predicted molar refractivity (Wildman–Crippen MR) is 162 cm³/mol. The van der Waals surface area contributed by atoms with E-state index in [0.717, 1.165) is 79.1 Å². The maximum absolute atomic E-state index is 13.5. The Kier molecular flexibility index (Phi) is 11.0. The summed E-state index contributed by atoms with van der Waals surface area (Å²) in [4.78, 5) is 56.3. The minimum atomic E-state index is -0.528. The van der Waals surface area contributed by atoms with E-state index in [4.69, 9.17) is 0 Å². The molecule has 0 aromatic heterocycles. The largest absolute Gasteiger partial charge is 0.274 e. The number of fused-ring (bicyclic) bond motifs is 1. The average molecular weight is 577 g/mol. The molecule has 0 N–H and O–H groups in total. The number of rotatable bonds is 14. The zero-order valence-corrected chi connectivity index (χ0v) is 26.6. The maximum atomic E-state index is 13.5. The van der Waals surface area contributed by atoms with E-state index in [1.807, 2.05) is 39.5 Å². The second-order valence-electron chi connectivity index (χ2n) is 12.5. The first-order chi connectivity index (χ1) is 18.4. The zero-order chi connectivity index (χ0) is 29.0. The first kappa shape index (κ1) is 32.0. The average Bonchev–Trinajstić information content (AvgIpc) is 3.33. The van der Waals surface area contributed by atoms with Gasteiger partial charge in [-0.25, -0.2) is 0 Å². The zero-order valence-electron chi connectivity index (χ0n) is 25.0. The molecule has 0 bridgehead atoms. The summed E-state index contributed by atoms with van der Waals surface area (Å²) >= 11 is 3.50.